The molecule has 2 aromatic rings. The first-order valence-electron chi connectivity index (χ1n) is 12.0. The molecule has 0 radical (unpaired) electrons. The first-order valence-corrected chi connectivity index (χ1v) is 12.0. The number of carbonyl (C=O) groups excluding carboxylic acids is 3. The van der Waals surface area contributed by atoms with E-state index in [9.17, 15) is 19.5 Å². The summed E-state index contributed by atoms with van der Waals surface area (Å²) in [4.78, 5) is 42.0. The Kier molecular flexibility index (Phi) is 5.41. The molecule has 1 spiro atoms. The Balaban J connectivity index is 1.55. The Hall–Kier alpha value is -2.97. The van der Waals surface area contributed by atoms with Crippen molar-refractivity contribution in [3.05, 3.63) is 42.5 Å². The number of carbonyl (C=O) groups is 3. The minimum Gasteiger partial charge on any atom is -0.394 e. The fourth-order valence-electron chi connectivity index (χ4n) is 6.55. The van der Waals surface area contributed by atoms with Gasteiger partial charge < -0.3 is 25.4 Å². The maximum Gasteiger partial charge on any atom is 0.250 e. The lowest BCUT2D eigenvalue weighted by Gasteiger charge is -2.36. The Morgan fingerprint density at radius 1 is 1.18 bits per heavy atom. The van der Waals surface area contributed by atoms with Crippen LogP contribution >= 0.6 is 0 Å². The molecule has 3 aliphatic heterocycles. The molecule has 6 atom stereocenters. The van der Waals surface area contributed by atoms with Gasteiger partial charge in [0, 0.05) is 12.7 Å². The summed E-state index contributed by atoms with van der Waals surface area (Å²) >= 11 is 0. The summed E-state index contributed by atoms with van der Waals surface area (Å²) in [5.74, 6) is -2.34. The van der Waals surface area contributed by atoms with Gasteiger partial charge in [0.15, 0.2) is 0 Å². The molecule has 0 saturated carbocycles. The number of nitrogens with one attached hydrogen (secondary N) is 2. The fourth-order valence-corrected chi connectivity index (χ4v) is 6.55. The van der Waals surface area contributed by atoms with Crippen molar-refractivity contribution < 1.29 is 24.2 Å². The first kappa shape index (κ1) is 22.8. The molecule has 5 rings (SSSR count). The number of rotatable bonds is 6. The predicted molar refractivity (Wildman–Crippen MR) is 127 cm³/mol. The minimum absolute atomic E-state index is 0.242. The average molecular weight is 466 g/mol. The lowest BCUT2D eigenvalue weighted by molar-refractivity contribution is -0.148. The van der Waals surface area contributed by atoms with Gasteiger partial charge in [0.2, 0.25) is 17.7 Å². The third-order valence-corrected chi connectivity index (χ3v) is 8.15. The second-order valence-electron chi connectivity index (χ2n) is 9.78. The molecule has 2 bridgehead atoms. The van der Waals surface area contributed by atoms with Gasteiger partial charge in [-0.3, -0.25) is 14.4 Å². The Morgan fingerprint density at radius 3 is 2.59 bits per heavy atom. The molecule has 3 fully saturated rings. The standard InChI is InChI=1S/C26H31N3O5/c1-4-25-11-12-26(34-25)20(19(25)22(31)27-3)24(33)29(15(2)14-30)21(26)23(32)28-18-10-9-16-7-5-6-8-17(16)13-18/h5-10,13,15,19-21,30H,4,11-12,14H2,1-3H3,(H,27,31)(H,28,32)/t15-,19+,20+,21?,25-,26?/m1/s1. The molecule has 2 aromatic carbocycles. The maximum absolute atomic E-state index is 13.8. The van der Waals surface area contributed by atoms with Crippen LogP contribution in [0.4, 0.5) is 5.69 Å². The van der Waals surface area contributed by atoms with Gasteiger partial charge in [-0.2, -0.15) is 0 Å². The van der Waals surface area contributed by atoms with Crippen molar-refractivity contribution in [2.75, 3.05) is 19.0 Å². The van der Waals surface area contributed by atoms with Crippen LogP contribution in [0.1, 0.15) is 33.1 Å². The van der Waals surface area contributed by atoms with Crippen molar-refractivity contribution in [3.8, 4) is 0 Å². The molecule has 180 valence electrons. The predicted octanol–water partition coefficient (Wildman–Crippen LogP) is 2.06. The van der Waals surface area contributed by atoms with E-state index in [-0.39, 0.29) is 24.3 Å². The third kappa shape index (κ3) is 3.01. The average Bonchev–Trinajstić information content (AvgIpc) is 3.46. The van der Waals surface area contributed by atoms with E-state index >= 15 is 0 Å². The SMILES string of the molecule is CC[C@]12CCC3(O1)C(C(=O)Nc1ccc4ccccc4c1)N([C@H](C)CO)C(=O)[C@@H]3[C@H]2C(=O)NC. The van der Waals surface area contributed by atoms with Crippen molar-refractivity contribution in [1.29, 1.82) is 0 Å². The van der Waals surface area contributed by atoms with Crippen LogP contribution in [-0.4, -0.2) is 64.7 Å². The number of aliphatic hydroxyl groups excluding tert-OH is 1. The first-order chi connectivity index (χ1) is 16.3. The van der Waals surface area contributed by atoms with Gasteiger partial charge in [0.25, 0.3) is 0 Å². The van der Waals surface area contributed by atoms with Crippen LogP contribution in [0, 0.1) is 11.8 Å². The Labute approximate surface area is 198 Å². The van der Waals surface area contributed by atoms with Crippen molar-refractivity contribution in [1.82, 2.24) is 10.2 Å². The van der Waals surface area contributed by atoms with Crippen LogP contribution in [0.25, 0.3) is 10.8 Å². The van der Waals surface area contributed by atoms with Crippen molar-refractivity contribution in [2.24, 2.45) is 11.8 Å². The molecule has 0 aromatic heterocycles. The molecule has 0 aliphatic carbocycles. The highest BCUT2D eigenvalue weighted by atomic mass is 16.5. The van der Waals surface area contributed by atoms with Gasteiger partial charge >= 0.3 is 0 Å². The van der Waals surface area contributed by atoms with E-state index < -0.39 is 35.1 Å². The minimum atomic E-state index is -1.10. The quantitative estimate of drug-likeness (QED) is 0.605. The van der Waals surface area contributed by atoms with E-state index in [0.29, 0.717) is 24.9 Å². The largest absolute Gasteiger partial charge is 0.394 e. The van der Waals surface area contributed by atoms with Gasteiger partial charge in [-0.15, -0.1) is 0 Å². The molecule has 3 N–H and O–H groups in total. The van der Waals surface area contributed by atoms with Crippen molar-refractivity contribution in [3.63, 3.8) is 0 Å². The van der Waals surface area contributed by atoms with Crippen LogP contribution in [0.2, 0.25) is 0 Å². The molecule has 8 nitrogen and oxygen atoms in total. The number of likely N-dealkylation sites (tertiary alicyclic amines) is 1. The zero-order valence-electron chi connectivity index (χ0n) is 19.7. The van der Waals surface area contributed by atoms with Gasteiger partial charge in [-0.1, -0.05) is 37.3 Å². The number of hydrogen-bond acceptors (Lipinski definition) is 5. The molecular formula is C26H31N3O5. The van der Waals surface area contributed by atoms with E-state index in [1.807, 2.05) is 49.4 Å². The highest BCUT2D eigenvalue weighted by Gasteiger charge is 2.78. The summed E-state index contributed by atoms with van der Waals surface area (Å²) in [7, 11) is 1.56. The van der Waals surface area contributed by atoms with E-state index in [0.717, 1.165) is 10.8 Å². The second kappa shape index (κ2) is 8.06. The lowest BCUT2D eigenvalue weighted by atomic mass is 9.65. The Morgan fingerprint density at radius 2 is 1.91 bits per heavy atom. The number of amides is 3. The van der Waals surface area contributed by atoms with Crippen LogP contribution in [0.15, 0.2) is 42.5 Å². The molecule has 8 heteroatoms. The van der Waals surface area contributed by atoms with E-state index in [4.69, 9.17) is 4.74 Å². The second-order valence-corrected chi connectivity index (χ2v) is 9.78. The van der Waals surface area contributed by atoms with Crippen LogP contribution in [0.3, 0.4) is 0 Å². The lowest BCUT2D eigenvalue weighted by Crippen LogP contribution is -2.55. The smallest absolute Gasteiger partial charge is 0.250 e. The van der Waals surface area contributed by atoms with Gasteiger partial charge in [-0.05, 0) is 49.1 Å². The van der Waals surface area contributed by atoms with Crippen LogP contribution in [0.5, 0.6) is 0 Å². The molecule has 34 heavy (non-hydrogen) atoms. The summed E-state index contributed by atoms with van der Waals surface area (Å²) in [5, 5.41) is 17.7. The number of aliphatic hydroxyl groups is 1. The van der Waals surface area contributed by atoms with E-state index in [1.165, 1.54) is 4.90 Å². The zero-order chi connectivity index (χ0) is 24.3. The number of fused-ring (bicyclic) bond motifs is 2. The van der Waals surface area contributed by atoms with E-state index in [2.05, 4.69) is 10.6 Å². The van der Waals surface area contributed by atoms with Crippen molar-refractivity contribution >= 4 is 34.2 Å². The molecule has 2 unspecified atom stereocenters. The zero-order valence-corrected chi connectivity index (χ0v) is 19.7. The normalized spacial score (nSPS) is 32.6. The van der Waals surface area contributed by atoms with Gasteiger partial charge in [0.1, 0.15) is 11.6 Å². The summed E-state index contributed by atoms with van der Waals surface area (Å²) in [6.45, 7) is 3.37. The fraction of sp³-hybridized carbons (Fsp3) is 0.500. The molecule has 3 amide bonds. The summed E-state index contributed by atoms with van der Waals surface area (Å²) in [6, 6.07) is 12.0. The number of ether oxygens (including phenoxy) is 1. The van der Waals surface area contributed by atoms with Crippen molar-refractivity contribution in [2.45, 2.75) is 56.4 Å². The topological polar surface area (TPSA) is 108 Å². The molecular weight excluding hydrogens is 434 g/mol. The van der Waals surface area contributed by atoms with Gasteiger partial charge in [0.05, 0.1) is 30.1 Å². The van der Waals surface area contributed by atoms with Crippen LogP contribution in [-0.2, 0) is 19.1 Å². The monoisotopic (exact) mass is 465 g/mol. The van der Waals surface area contributed by atoms with Gasteiger partial charge in [-0.25, -0.2) is 0 Å². The Bertz CT molecular complexity index is 1170. The number of benzene rings is 2. The van der Waals surface area contributed by atoms with Crippen LogP contribution < -0.4 is 10.6 Å². The number of hydrogen-bond donors (Lipinski definition) is 3. The number of anilines is 1. The molecule has 3 saturated heterocycles. The highest BCUT2D eigenvalue weighted by Crippen LogP contribution is 2.64. The number of nitrogens with zero attached hydrogens (tertiary/aromatic N) is 1. The summed E-state index contributed by atoms with van der Waals surface area (Å²) < 4.78 is 6.63. The third-order valence-electron chi connectivity index (χ3n) is 8.15. The molecule has 3 heterocycles. The summed E-state index contributed by atoms with van der Waals surface area (Å²) in [6.07, 6.45) is 1.69. The summed E-state index contributed by atoms with van der Waals surface area (Å²) in [5.41, 5.74) is -1.25. The maximum atomic E-state index is 13.8. The molecule has 3 aliphatic rings. The highest BCUT2D eigenvalue weighted by molar-refractivity contribution is 6.04. The van der Waals surface area contributed by atoms with E-state index in [1.54, 1.807) is 14.0 Å².